The number of halogens is 1. The number of carboxylic acids is 1. The molecular formula is C21H19ClNO3S-. The number of fused-ring (bicyclic) bond motifs is 3. The predicted molar refractivity (Wildman–Crippen MR) is 106 cm³/mol. The first-order chi connectivity index (χ1) is 13.0. The van der Waals surface area contributed by atoms with E-state index in [1.807, 2.05) is 42.5 Å². The van der Waals surface area contributed by atoms with Gasteiger partial charge in [-0.15, -0.1) is 0 Å². The maximum absolute atomic E-state index is 12.4. The molecule has 27 heavy (non-hydrogen) atoms. The minimum Gasteiger partial charge on any atom is -0.550 e. The third-order valence-corrected chi connectivity index (χ3v) is 6.48. The second kappa shape index (κ2) is 7.13. The molecule has 1 aliphatic heterocycles. The van der Waals surface area contributed by atoms with Crippen molar-refractivity contribution in [3.63, 3.8) is 0 Å². The van der Waals surface area contributed by atoms with Gasteiger partial charge in [0.25, 0.3) is 0 Å². The van der Waals surface area contributed by atoms with Crippen LogP contribution in [0.25, 0.3) is 22.0 Å². The molecule has 0 saturated heterocycles. The Morgan fingerprint density at radius 1 is 1.26 bits per heavy atom. The molecular weight excluding hydrogens is 382 g/mol. The van der Waals surface area contributed by atoms with Crippen molar-refractivity contribution < 1.29 is 14.1 Å². The molecule has 0 bridgehead atoms. The van der Waals surface area contributed by atoms with Gasteiger partial charge in [-0.2, -0.15) is 0 Å². The molecule has 0 aliphatic carbocycles. The number of nitrogens with zero attached hydrogens (tertiary/aromatic N) is 1. The van der Waals surface area contributed by atoms with Gasteiger partial charge < -0.3 is 14.5 Å². The Morgan fingerprint density at radius 3 is 2.67 bits per heavy atom. The fourth-order valence-corrected chi connectivity index (χ4v) is 5.13. The third kappa shape index (κ3) is 3.19. The van der Waals surface area contributed by atoms with E-state index < -0.39 is 16.8 Å². The Labute approximate surface area is 165 Å². The van der Waals surface area contributed by atoms with Crippen molar-refractivity contribution in [2.75, 3.05) is 6.26 Å². The van der Waals surface area contributed by atoms with E-state index >= 15 is 0 Å². The normalized spacial score (nSPS) is 17.6. The molecule has 0 amide bonds. The van der Waals surface area contributed by atoms with Gasteiger partial charge in [0.05, 0.1) is 16.3 Å². The number of benzene rings is 2. The average molecular weight is 401 g/mol. The summed E-state index contributed by atoms with van der Waals surface area (Å²) in [5, 5.41) is 13.0. The number of carboxylic acid groups (broad SMARTS) is 1. The van der Waals surface area contributed by atoms with Gasteiger partial charge in [-0.3, -0.25) is 4.21 Å². The fraction of sp³-hybridized carbons (Fsp3) is 0.286. The molecule has 4 nitrogen and oxygen atoms in total. The zero-order valence-corrected chi connectivity index (χ0v) is 16.5. The van der Waals surface area contributed by atoms with Crippen molar-refractivity contribution >= 4 is 39.3 Å². The van der Waals surface area contributed by atoms with Crippen molar-refractivity contribution in [2.24, 2.45) is 0 Å². The molecule has 0 saturated carbocycles. The van der Waals surface area contributed by atoms with Crippen LogP contribution in [0.3, 0.4) is 0 Å². The van der Waals surface area contributed by atoms with E-state index in [1.54, 1.807) is 6.26 Å². The summed E-state index contributed by atoms with van der Waals surface area (Å²) in [5.41, 5.74) is 3.94. The van der Waals surface area contributed by atoms with Gasteiger partial charge in [0.2, 0.25) is 0 Å². The molecule has 2 heterocycles. The Hall–Kier alpha value is -2.11. The minimum atomic E-state index is -1.16. The highest BCUT2D eigenvalue weighted by Crippen LogP contribution is 2.45. The predicted octanol–water partition coefficient (Wildman–Crippen LogP) is 3.72. The number of aliphatic carboxylic acids is 1. The molecule has 140 valence electrons. The highest BCUT2D eigenvalue weighted by Gasteiger charge is 2.29. The molecule has 0 spiro atoms. The lowest BCUT2D eigenvalue weighted by molar-refractivity contribution is -0.306. The van der Waals surface area contributed by atoms with Crippen LogP contribution in [0.4, 0.5) is 0 Å². The van der Waals surface area contributed by atoms with Crippen molar-refractivity contribution in [1.82, 2.24) is 4.57 Å². The van der Waals surface area contributed by atoms with Gasteiger partial charge in [-0.1, -0.05) is 29.8 Å². The zero-order valence-electron chi connectivity index (χ0n) is 14.9. The van der Waals surface area contributed by atoms with Crippen LogP contribution in [0.1, 0.15) is 30.9 Å². The Morgan fingerprint density at radius 2 is 2.00 bits per heavy atom. The molecule has 4 rings (SSSR count). The van der Waals surface area contributed by atoms with E-state index in [9.17, 15) is 14.1 Å². The van der Waals surface area contributed by atoms with Crippen LogP contribution in [0.2, 0.25) is 5.02 Å². The topological polar surface area (TPSA) is 62.1 Å². The van der Waals surface area contributed by atoms with Crippen LogP contribution in [-0.2, 0) is 22.1 Å². The van der Waals surface area contributed by atoms with Crippen LogP contribution in [0.15, 0.2) is 47.4 Å². The Bertz CT molecular complexity index is 1060. The van der Waals surface area contributed by atoms with Gasteiger partial charge in [0.1, 0.15) is 0 Å². The van der Waals surface area contributed by atoms with E-state index in [4.69, 9.17) is 11.6 Å². The number of carbonyl (C=O) groups excluding carboxylic acids is 1. The van der Waals surface area contributed by atoms with E-state index in [-0.39, 0.29) is 12.3 Å². The van der Waals surface area contributed by atoms with Crippen LogP contribution < -0.4 is 5.11 Å². The third-order valence-electron chi connectivity index (χ3n) is 5.27. The minimum absolute atomic E-state index is 0.0124. The molecule has 2 aromatic carbocycles. The lowest BCUT2D eigenvalue weighted by Gasteiger charge is -2.27. The van der Waals surface area contributed by atoms with Crippen LogP contribution in [-0.4, -0.2) is 21.0 Å². The highest BCUT2D eigenvalue weighted by atomic mass is 35.5. The number of carbonyl (C=O) groups is 1. The van der Waals surface area contributed by atoms with Crippen molar-refractivity contribution in [2.45, 2.75) is 36.6 Å². The second-order valence-corrected chi connectivity index (χ2v) is 8.72. The lowest BCUT2D eigenvalue weighted by atomic mass is 9.88. The summed E-state index contributed by atoms with van der Waals surface area (Å²) in [4.78, 5) is 12.1. The summed E-state index contributed by atoms with van der Waals surface area (Å²) in [6.45, 7) is 0.822. The smallest absolute Gasteiger partial charge is 0.0505 e. The summed E-state index contributed by atoms with van der Waals surface area (Å²) in [6.07, 6.45) is 3.38. The van der Waals surface area contributed by atoms with Crippen LogP contribution >= 0.6 is 11.6 Å². The molecule has 1 aromatic heterocycles. The van der Waals surface area contributed by atoms with Gasteiger partial charge in [0, 0.05) is 51.2 Å². The summed E-state index contributed by atoms with van der Waals surface area (Å²) < 4.78 is 14.6. The fourth-order valence-electron chi connectivity index (χ4n) is 4.23. The van der Waals surface area contributed by atoms with E-state index in [2.05, 4.69) is 4.57 Å². The largest absolute Gasteiger partial charge is 0.550 e. The maximum atomic E-state index is 12.4. The first kappa shape index (κ1) is 18.3. The Kier molecular flexibility index (Phi) is 4.82. The first-order valence-corrected chi connectivity index (χ1v) is 10.8. The number of hydrogen-bond donors (Lipinski definition) is 0. The average Bonchev–Trinajstić information content (AvgIpc) is 2.97. The number of rotatable bonds is 4. The first-order valence-electron chi connectivity index (χ1n) is 8.91. The van der Waals surface area contributed by atoms with Crippen LogP contribution in [0, 0.1) is 0 Å². The molecule has 6 heteroatoms. The van der Waals surface area contributed by atoms with Crippen LogP contribution in [0.5, 0.6) is 0 Å². The molecule has 0 N–H and O–H groups in total. The van der Waals surface area contributed by atoms with Crippen molar-refractivity contribution in [3.05, 3.63) is 53.2 Å². The SMILES string of the molecule is CS(=O)c1cccc2c1c(-c1ccc(Cl)cc1)c1n2CCCC1CC(=O)[O-]. The van der Waals surface area contributed by atoms with E-state index in [0.717, 1.165) is 52.0 Å². The quantitative estimate of drug-likeness (QED) is 0.670. The molecule has 2 atom stereocenters. The number of aromatic nitrogens is 1. The van der Waals surface area contributed by atoms with Crippen molar-refractivity contribution in [3.8, 4) is 11.1 Å². The second-order valence-electron chi connectivity index (χ2n) is 6.94. The van der Waals surface area contributed by atoms with Crippen molar-refractivity contribution in [1.29, 1.82) is 0 Å². The van der Waals surface area contributed by atoms with Gasteiger partial charge >= 0.3 is 0 Å². The van der Waals surface area contributed by atoms with E-state index in [0.29, 0.717) is 5.02 Å². The summed E-state index contributed by atoms with van der Waals surface area (Å²) in [5.74, 6) is -1.17. The zero-order chi connectivity index (χ0) is 19.1. The summed E-state index contributed by atoms with van der Waals surface area (Å²) >= 11 is 6.07. The monoisotopic (exact) mass is 400 g/mol. The molecule has 0 radical (unpaired) electrons. The Balaban J connectivity index is 2.10. The summed E-state index contributed by atoms with van der Waals surface area (Å²) in [6, 6.07) is 13.4. The number of hydrogen-bond acceptors (Lipinski definition) is 3. The lowest BCUT2D eigenvalue weighted by Crippen LogP contribution is -2.27. The maximum Gasteiger partial charge on any atom is 0.0505 e. The number of aryl methyl sites for hydroxylation is 1. The highest BCUT2D eigenvalue weighted by molar-refractivity contribution is 7.84. The van der Waals surface area contributed by atoms with Gasteiger partial charge in [-0.25, -0.2) is 0 Å². The molecule has 2 unspecified atom stereocenters. The van der Waals surface area contributed by atoms with Gasteiger partial charge in [-0.05, 0) is 49.1 Å². The summed E-state index contributed by atoms with van der Waals surface area (Å²) in [7, 11) is -1.16. The van der Waals surface area contributed by atoms with Gasteiger partial charge in [0.15, 0.2) is 0 Å². The molecule has 1 aliphatic rings. The standard InChI is InChI=1S/C21H20ClNO3S/c1-27(26)17-6-2-5-16-20(17)19(13-7-9-15(22)10-8-13)21-14(12-18(24)25)4-3-11-23(16)21/h2,5-10,14H,3-4,11-12H2,1H3,(H,24,25)/p-1. The molecule has 0 fully saturated rings. The molecule has 3 aromatic rings. The van der Waals surface area contributed by atoms with E-state index in [1.165, 1.54) is 0 Å².